The molecule has 2 aromatic carbocycles. The second-order valence-corrected chi connectivity index (χ2v) is 6.42. The number of aromatic hydroxyl groups is 1. The lowest BCUT2D eigenvalue weighted by Gasteiger charge is -2.23. The molecule has 0 saturated heterocycles. The van der Waals surface area contributed by atoms with Gasteiger partial charge in [0, 0.05) is 6.54 Å². The van der Waals surface area contributed by atoms with Crippen molar-refractivity contribution in [2.45, 2.75) is 13.0 Å². The van der Waals surface area contributed by atoms with Crippen LogP contribution in [0.25, 0.3) is 11.0 Å². The molecule has 1 amide bonds. The van der Waals surface area contributed by atoms with Gasteiger partial charge in [0.2, 0.25) is 5.76 Å². The third kappa shape index (κ3) is 2.32. The van der Waals surface area contributed by atoms with Crippen LogP contribution in [-0.4, -0.2) is 22.5 Å². The Kier molecular flexibility index (Phi) is 3.65. The minimum absolute atomic E-state index is 0.0570. The van der Waals surface area contributed by atoms with Crippen LogP contribution in [0, 0.1) is 6.92 Å². The number of carbonyl (C=O) groups excluding carboxylic acids is 1. The highest BCUT2D eigenvalue weighted by Gasteiger charge is 2.42. The molecule has 5 heteroatoms. The zero-order valence-corrected chi connectivity index (χ0v) is 14.2. The first-order valence-corrected chi connectivity index (χ1v) is 8.29. The fourth-order valence-corrected chi connectivity index (χ4v) is 3.50. The number of phenolic OH excluding ortho intramolecular Hbond substituents is 1. The predicted octanol–water partition coefficient (Wildman–Crippen LogP) is 3.54. The molecule has 0 unspecified atom stereocenters. The summed E-state index contributed by atoms with van der Waals surface area (Å²) in [7, 11) is 0. The van der Waals surface area contributed by atoms with Gasteiger partial charge in [-0.25, -0.2) is 0 Å². The first-order chi connectivity index (χ1) is 12.5. The summed E-state index contributed by atoms with van der Waals surface area (Å²) in [6.45, 7) is 5.86. The van der Waals surface area contributed by atoms with Gasteiger partial charge >= 0.3 is 0 Å². The van der Waals surface area contributed by atoms with Gasteiger partial charge in [-0.2, -0.15) is 0 Å². The Balaban J connectivity index is 2.04. The molecule has 2 heterocycles. The normalized spacial score (nSPS) is 16.1. The van der Waals surface area contributed by atoms with Crippen molar-refractivity contribution in [1.82, 2.24) is 4.90 Å². The molecule has 1 aliphatic heterocycles. The van der Waals surface area contributed by atoms with Gasteiger partial charge in [0.05, 0.1) is 17.0 Å². The van der Waals surface area contributed by atoms with E-state index in [1.165, 1.54) is 4.90 Å². The molecule has 4 rings (SSSR count). The Hall–Kier alpha value is -3.34. The number of amides is 1. The molecule has 5 nitrogen and oxygen atoms in total. The first kappa shape index (κ1) is 16.1. The average Bonchev–Trinajstić information content (AvgIpc) is 2.89. The number of rotatable bonds is 3. The van der Waals surface area contributed by atoms with Crippen LogP contribution < -0.4 is 5.43 Å². The fourth-order valence-electron chi connectivity index (χ4n) is 3.50. The molecule has 26 heavy (non-hydrogen) atoms. The van der Waals surface area contributed by atoms with Gasteiger partial charge in [-0.3, -0.25) is 9.59 Å². The molecular formula is C21H17NO4. The van der Waals surface area contributed by atoms with E-state index >= 15 is 0 Å². The molecule has 130 valence electrons. The largest absolute Gasteiger partial charge is 0.508 e. The molecule has 0 saturated carbocycles. The second-order valence-electron chi connectivity index (χ2n) is 6.42. The van der Waals surface area contributed by atoms with E-state index < -0.39 is 6.04 Å². The van der Waals surface area contributed by atoms with Crippen LogP contribution in [0.2, 0.25) is 0 Å². The van der Waals surface area contributed by atoms with Crippen molar-refractivity contribution in [2.24, 2.45) is 0 Å². The lowest BCUT2D eigenvalue weighted by molar-refractivity contribution is 0.0748. The van der Waals surface area contributed by atoms with Crippen molar-refractivity contribution < 1.29 is 14.3 Å². The van der Waals surface area contributed by atoms with Crippen LogP contribution in [0.4, 0.5) is 0 Å². The van der Waals surface area contributed by atoms with E-state index in [2.05, 4.69) is 6.58 Å². The van der Waals surface area contributed by atoms with Crippen LogP contribution in [-0.2, 0) is 0 Å². The molecule has 3 aromatic rings. The molecule has 1 aromatic heterocycles. The van der Waals surface area contributed by atoms with Gasteiger partial charge in [-0.05, 0) is 36.8 Å². The SMILES string of the molecule is C=CCN1C(=O)c2oc3ccc(C)cc3c(=O)c2[C@@H]1c1cccc(O)c1. The molecule has 0 spiro atoms. The number of aryl methyl sites for hydroxylation is 1. The van der Waals surface area contributed by atoms with Gasteiger partial charge in [0.25, 0.3) is 5.91 Å². The Morgan fingerprint density at radius 1 is 1.23 bits per heavy atom. The number of benzene rings is 2. The number of hydrogen-bond acceptors (Lipinski definition) is 4. The maximum Gasteiger partial charge on any atom is 0.291 e. The number of carbonyl (C=O) groups is 1. The molecule has 0 fully saturated rings. The highest BCUT2D eigenvalue weighted by Crippen LogP contribution is 2.38. The van der Waals surface area contributed by atoms with E-state index in [0.29, 0.717) is 22.1 Å². The smallest absolute Gasteiger partial charge is 0.291 e. The van der Waals surface area contributed by atoms with Crippen molar-refractivity contribution in [3.05, 3.63) is 87.8 Å². The zero-order chi connectivity index (χ0) is 18.4. The van der Waals surface area contributed by atoms with E-state index in [9.17, 15) is 14.7 Å². The highest BCUT2D eigenvalue weighted by molar-refractivity contribution is 5.99. The predicted molar refractivity (Wildman–Crippen MR) is 98.4 cm³/mol. The minimum Gasteiger partial charge on any atom is -0.508 e. The molecule has 1 atom stereocenters. The molecular weight excluding hydrogens is 330 g/mol. The van der Waals surface area contributed by atoms with Gasteiger partial charge in [0.1, 0.15) is 11.3 Å². The van der Waals surface area contributed by atoms with Crippen molar-refractivity contribution in [1.29, 1.82) is 0 Å². The van der Waals surface area contributed by atoms with Crippen molar-refractivity contribution in [2.75, 3.05) is 6.54 Å². The van der Waals surface area contributed by atoms with Crippen molar-refractivity contribution >= 4 is 16.9 Å². The van der Waals surface area contributed by atoms with Crippen LogP contribution in [0.15, 0.2) is 64.3 Å². The van der Waals surface area contributed by atoms with Crippen LogP contribution >= 0.6 is 0 Å². The van der Waals surface area contributed by atoms with Gasteiger partial charge < -0.3 is 14.4 Å². The first-order valence-electron chi connectivity index (χ1n) is 8.29. The van der Waals surface area contributed by atoms with E-state index in [0.717, 1.165) is 5.56 Å². The number of phenols is 1. The maximum atomic E-state index is 13.2. The monoisotopic (exact) mass is 347 g/mol. The molecule has 0 bridgehead atoms. The zero-order valence-electron chi connectivity index (χ0n) is 14.2. The Labute approximate surface area is 149 Å². The van der Waals surface area contributed by atoms with Crippen LogP contribution in [0.5, 0.6) is 5.75 Å². The van der Waals surface area contributed by atoms with E-state index in [1.54, 1.807) is 42.5 Å². The average molecular weight is 347 g/mol. The number of fused-ring (bicyclic) bond motifs is 2. The quantitative estimate of drug-likeness (QED) is 0.736. The van der Waals surface area contributed by atoms with E-state index in [-0.39, 0.29) is 29.4 Å². The van der Waals surface area contributed by atoms with Gasteiger partial charge in [-0.15, -0.1) is 6.58 Å². The molecule has 0 radical (unpaired) electrons. The number of nitrogens with zero attached hydrogens (tertiary/aromatic N) is 1. The molecule has 0 aliphatic carbocycles. The highest BCUT2D eigenvalue weighted by atomic mass is 16.3. The van der Waals surface area contributed by atoms with E-state index in [4.69, 9.17) is 4.42 Å². The summed E-state index contributed by atoms with van der Waals surface area (Å²) in [6.07, 6.45) is 1.61. The number of hydrogen-bond donors (Lipinski definition) is 1. The Bertz CT molecular complexity index is 1110. The van der Waals surface area contributed by atoms with E-state index in [1.807, 2.05) is 13.0 Å². The summed E-state index contributed by atoms with van der Waals surface area (Å²) in [6, 6.07) is 11.3. The summed E-state index contributed by atoms with van der Waals surface area (Å²) >= 11 is 0. The summed E-state index contributed by atoms with van der Waals surface area (Å²) in [5.74, 6) is -0.225. The van der Waals surface area contributed by atoms with Crippen LogP contribution in [0.1, 0.15) is 33.3 Å². The third-order valence-corrected chi connectivity index (χ3v) is 4.63. The summed E-state index contributed by atoms with van der Waals surface area (Å²) in [4.78, 5) is 27.6. The minimum atomic E-state index is -0.622. The lowest BCUT2D eigenvalue weighted by Crippen LogP contribution is -2.29. The Morgan fingerprint density at radius 2 is 2.04 bits per heavy atom. The standard InChI is InChI=1S/C21H17NO4/c1-3-9-22-18(13-5-4-6-14(23)11-13)17-19(24)15-10-12(2)7-8-16(15)26-20(17)21(22)25/h3-8,10-11,18,23H,1,9H2,2H3/t18-/m0/s1. The lowest BCUT2D eigenvalue weighted by atomic mass is 9.98. The summed E-state index contributed by atoms with van der Waals surface area (Å²) in [5.41, 5.74) is 2.06. The topological polar surface area (TPSA) is 70.8 Å². The second kappa shape index (κ2) is 5.88. The molecule has 1 N–H and O–H groups in total. The van der Waals surface area contributed by atoms with Crippen LogP contribution in [0.3, 0.4) is 0 Å². The van der Waals surface area contributed by atoms with Crippen molar-refractivity contribution in [3.63, 3.8) is 0 Å². The van der Waals surface area contributed by atoms with Gasteiger partial charge in [0.15, 0.2) is 5.43 Å². The summed E-state index contributed by atoms with van der Waals surface area (Å²) < 4.78 is 5.82. The third-order valence-electron chi connectivity index (χ3n) is 4.63. The van der Waals surface area contributed by atoms with Gasteiger partial charge in [-0.1, -0.05) is 29.8 Å². The fraction of sp³-hybridized carbons (Fsp3) is 0.143. The Morgan fingerprint density at radius 3 is 2.77 bits per heavy atom. The molecule has 1 aliphatic rings. The summed E-state index contributed by atoms with van der Waals surface area (Å²) in [5, 5.41) is 10.3. The van der Waals surface area contributed by atoms with Crippen molar-refractivity contribution in [3.8, 4) is 5.75 Å². The maximum absolute atomic E-state index is 13.2.